The van der Waals surface area contributed by atoms with E-state index in [1.807, 2.05) is 48.5 Å². The van der Waals surface area contributed by atoms with Crippen molar-refractivity contribution in [2.24, 2.45) is 5.41 Å². The Balaban J connectivity index is 1.69. The number of likely N-dealkylation sites (tertiary alicyclic amines) is 1. The van der Waals surface area contributed by atoms with Crippen LogP contribution in [0.2, 0.25) is 0 Å². The van der Waals surface area contributed by atoms with Crippen LogP contribution in [0.4, 0.5) is 0 Å². The van der Waals surface area contributed by atoms with Crippen molar-refractivity contribution in [1.29, 1.82) is 0 Å². The summed E-state index contributed by atoms with van der Waals surface area (Å²) in [4.78, 5) is 39.2. The average molecular weight is 394 g/mol. The van der Waals surface area contributed by atoms with Crippen LogP contribution >= 0.6 is 0 Å². The van der Waals surface area contributed by atoms with Gasteiger partial charge in [-0.25, -0.2) is 4.79 Å². The molecule has 0 spiro atoms. The normalized spacial score (nSPS) is 20.0. The summed E-state index contributed by atoms with van der Waals surface area (Å²) in [6.07, 6.45) is 1.51. The zero-order valence-corrected chi connectivity index (χ0v) is 16.5. The van der Waals surface area contributed by atoms with Crippen LogP contribution in [0.15, 0.2) is 60.7 Å². The number of aliphatic carboxylic acids is 1. The van der Waals surface area contributed by atoms with E-state index in [1.54, 1.807) is 24.0 Å². The van der Waals surface area contributed by atoms with Crippen LogP contribution in [0.25, 0.3) is 0 Å². The Labute approximate surface area is 170 Å². The van der Waals surface area contributed by atoms with E-state index in [4.69, 9.17) is 0 Å². The first-order valence-electron chi connectivity index (χ1n) is 9.81. The third-order valence-corrected chi connectivity index (χ3v) is 5.44. The fourth-order valence-corrected chi connectivity index (χ4v) is 3.74. The van der Waals surface area contributed by atoms with Gasteiger partial charge in [0.05, 0.1) is 5.41 Å². The lowest BCUT2D eigenvalue weighted by atomic mass is 9.80. The Morgan fingerprint density at radius 3 is 2.31 bits per heavy atom. The third-order valence-electron chi connectivity index (χ3n) is 5.44. The zero-order chi connectivity index (χ0) is 20.9. The maximum absolute atomic E-state index is 13.0. The molecule has 1 heterocycles. The van der Waals surface area contributed by atoms with Crippen LogP contribution in [0.5, 0.6) is 0 Å². The molecule has 0 aliphatic carbocycles. The first-order valence-corrected chi connectivity index (χ1v) is 9.81. The van der Waals surface area contributed by atoms with E-state index in [9.17, 15) is 19.5 Å². The predicted molar refractivity (Wildman–Crippen MR) is 109 cm³/mol. The molecule has 2 aromatic rings. The van der Waals surface area contributed by atoms with E-state index in [0.29, 0.717) is 24.9 Å². The molecule has 1 aliphatic heterocycles. The second-order valence-corrected chi connectivity index (χ2v) is 7.81. The molecule has 29 heavy (non-hydrogen) atoms. The number of nitrogens with one attached hydrogen (secondary N) is 1. The van der Waals surface area contributed by atoms with Crippen LogP contribution in [0.1, 0.15) is 35.7 Å². The van der Waals surface area contributed by atoms with Gasteiger partial charge in [0.15, 0.2) is 0 Å². The van der Waals surface area contributed by atoms with Gasteiger partial charge in [-0.15, -0.1) is 0 Å². The highest BCUT2D eigenvalue weighted by atomic mass is 16.4. The van der Waals surface area contributed by atoms with Crippen LogP contribution in [-0.4, -0.2) is 46.9 Å². The number of carbonyl (C=O) groups is 3. The van der Waals surface area contributed by atoms with E-state index < -0.39 is 17.4 Å². The minimum absolute atomic E-state index is 0.108. The van der Waals surface area contributed by atoms with Crippen molar-refractivity contribution in [2.45, 2.75) is 32.2 Å². The predicted octanol–water partition coefficient (Wildman–Crippen LogP) is 2.74. The van der Waals surface area contributed by atoms with E-state index in [-0.39, 0.29) is 24.8 Å². The monoisotopic (exact) mass is 394 g/mol. The molecule has 2 aromatic carbocycles. The largest absolute Gasteiger partial charge is 0.480 e. The number of carboxylic acids is 1. The highest BCUT2D eigenvalue weighted by Crippen LogP contribution is 2.31. The summed E-state index contributed by atoms with van der Waals surface area (Å²) in [5, 5.41) is 12.3. The van der Waals surface area contributed by atoms with Crippen LogP contribution in [-0.2, 0) is 16.0 Å². The molecule has 6 nitrogen and oxygen atoms in total. The second kappa shape index (κ2) is 8.90. The summed E-state index contributed by atoms with van der Waals surface area (Å²) in [6, 6.07) is 17.2. The fraction of sp³-hybridized carbons (Fsp3) is 0.348. The molecule has 2 unspecified atom stereocenters. The fourth-order valence-electron chi connectivity index (χ4n) is 3.74. The molecular formula is C23H26N2O4. The van der Waals surface area contributed by atoms with Crippen LogP contribution < -0.4 is 5.32 Å². The van der Waals surface area contributed by atoms with E-state index >= 15 is 0 Å². The Hall–Kier alpha value is -3.15. The summed E-state index contributed by atoms with van der Waals surface area (Å²) in [5.41, 5.74) is 0.604. The molecule has 1 saturated heterocycles. The topological polar surface area (TPSA) is 86.7 Å². The number of hydrogen-bond donors (Lipinski definition) is 2. The second-order valence-electron chi connectivity index (χ2n) is 7.81. The van der Waals surface area contributed by atoms with Crippen molar-refractivity contribution in [3.8, 4) is 0 Å². The first-order chi connectivity index (χ1) is 13.9. The van der Waals surface area contributed by atoms with Gasteiger partial charge in [-0.2, -0.15) is 0 Å². The zero-order valence-electron chi connectivity index (χ0n) is 16.5. The first kappa shape index (κ1) is 20.6. The molecule has 2 atom stereocenters. The summed E-state index contributed by atoms with van der Waals surface area (Å²) in [6.45, 7) is 2.65. The van der Waals surface area contributed by atoms with Gasteiger partial charge in [0.2, 0.25) is 5.91 Å². The van der Waals surface area contributed by atoms with Crippen molar-refractivity contribution in [1.82, 2.24) is 10.2 Å². The average Bonchev–Trinajstić information content (AvgIpc) is 2.74. The molecule has 0 aromatic heterocycles. The van der Waals surface area contributed by atoms with Gasteiger partial charge in [0.1, 0.15) is 6.04 Å². The van der Waals surface area contributed by atoms with Gasteiger partial charge >= 0.3 is 5.97 Å². The van der Waals surface area contributed by atoms with Gasteiger partial charge in [-0.3, -0.25) is 9.59 Å². The third kappa shape index (κ3) is 5.02. The molecule has 2 N–H and O–H groups in total. The lowest BCUT2D eigenvalue weighted by molar-refractivity contribution is -0.144. The molecule has 152 valence electrons. The van der Waals surface area contributed by atoms with Crippen molar-refractivity contribution in [2.75, 3.05) is 13.1 Å². The molecule has 0 radical (unpaired) electrons. The summed E-state index contributed by atoms with van der Waals surface area (Å²) >= 11 is 0. The number of rotatable bonds is 6. The summed E-state index contributed by atoms with van der Waals surface area (Å²) in [7, 11) is 0. The van der Waals surface area contributed by atoms with E-state index in [2.05, 4.69) is 5.32 Å². The van der Waals surface area contributed by atoms with Crippen molar-refractivity contribution < 1.29 is 19.5 Å². The van der Waals surface area contributed by atoms with Gasteiger partial charge in [0, 0.05) is 25.1 Å². The number of amides is 2. The lowest BCUT2D eigenvalue weighted by Gasteiger charge is -2.39. The summed E-state index contributed by atoms with van der Waals surface area (Å²) in [5.74, 6) is -1.51. The molecular weight excluding hydrogens is 368 g/mol. The molecule has 3 rings (SSSR count). The minimum atomic E-state index is -1.07. The van der Waals surface area contributed by atoms with Crippen LogP contribution in [0.3, 0.4) is 0 Å². The van der Waals surface area contributed by atoms with Crippen LogP contribution in [0, 0.1) is 5.41 Å². The highest BCUT2D eigenvalue weighted by molar-refractivity contribution is 5.95. The maximum atomic E-state index is 13.0. The van der Waals surface area contributed by atoms with Crippen molar-refractivity contribution in [3.05, 3.63) is 71.8 Å². The summed E-state index contributed by atoms with van der Waals surface area (Å²) < 4.78 is 0. The maximum Gasteiger partial charge on any atom is 0.326 e. The van der Waals surface area contributed by atoms with Crippen molar-refractivity contribution >= 4 is 17.8 Å². The number of nitrogens with zero attached hydrogens (tertiary/aromatic N) is 1. The Morgan fingerprint density at radius 2 is 1.69 bits per heavy atom. The van der Waals surface area contributed by atoms with Gasteiger partial charge < -0.3 is 15.3 Å². The molecule has 1 aliphatic rings. The molecule has 0 saturated carbocycles. The molecule has 1 fully saturated rings. The quantitative estimate of drug-likeness (QED) is 0.789. The smallest absolute Gasteiger partial charge is 0.326 e. The van der Waals surface area contributed by atoms with Gasteiger partial charge in [0.25, 0.3) is 5.91 Å². The Morgan fingerprint density at radius 1 is 1.07 bits per heavy atom. The number of hydrogen-bond acceptors (Lipinski definition) is 3. The lowest BCUT2D eigenvalue weighted by Crippen LogP contribution is -2.55. The number of benzene rings is 2. The number of carbonyl (C=O) groups excluding carboxylic acids is 2. The van der Waals surface area contributed by atoms with Gasteiger partial charge in [-0.1, -0.05) is 48.5 Å². The number of carboxylic acid groups (broad SMARTS) is 1. The van der Waals surface area contributed by atoms with E-state index in [1.165, 1.54) is 0 Å². The molecule has 6 heteroatoms. The van der Waals surface area contributed by atoms with Crippen molar-refractivity contribution in [3.63, 3.8) is 0 Å². The molecule has 2 amide bonds. The Bertz CT molecular complexity index is 869. The number of piperidine rings is 1. The molecule has 0 bridgehead atoms. The van der Waals surface area contributed by atoms with Gasteiger partial charge in [-0.05, 0) is 37.5 Å². The minimum Gasteiger partial charge on any atom is -0.480 e. The standard InChI is InChI=1S/C23H26N2O4/c1-23(13-8-14-25(16-23)20(26)18-11-6-3-7-12-18)22(29)24-19(21(27)28)15-17-9-4-2-5-10-17/h2-7,9-12,19H,8,13-16H2,1H3,(H,24,29)(H,27,28). The Kier molecular flexibility index (Phi) is 6.32. The SMILES string of the molecule is CC1(C(=O)NC(Cc2ccccc2)C(=O)O)CCCN(C(=O)c2ccccc2)C1. The highest BCUT2D eigenvalue weighted by Gasteiger charge is 2.40. The van der Waals surface area contributed by atoms with E-state index in [0.717, 1.165) is 5.56 Å².